The lowest BCUT2D eigenvalue weighted by Gasteiger charge is -2.47. The summed E-state index contributed by atoms with van der Waals surface area (Å²) in [6, 6.07) is 3.99. The van der Waals surface area contributed by atoms with Gasteiger partial charge < -0.3 is 34.3 Å². The maximum absolute atomic E-state index is 13.4. The molecule has 1 unspecified atom stereocenters. The zero-order chi connectivity index (χ0) is 28.2. The molecule has 0 radical (unpaired) electrons. The molecule has 1 fully saturated rings. The van der Waals surface area contributed by atoms with Crippen molar-refractivity contribution in [1.82, 2.24) is 4.90 Å². The lowest BCUT2D eigenvalue weighted by atomic mass is 9.65. The molecule has 1 aliphatic carbocycles. The highest BCUT2D eigenvalue weighted by Gasteiger charge is 2.66. The fourth-order valence-electron chi connectivity index (χ4n) is 7.07. The van der Waals surface area contributed by atoms with Gasteiger partial charge in [0.25, 0.3) is 0 Å². The van der Waals surface area contributed by atoms with Gasteiger partial charge in [0.15, 0.2) is 23.2 Å². The molecule has 39 heavy (non-hydrogen) atoms. The predicted molar refractivity (Wildman–Crippen MR) is 139 cm³/mol. The van der Waals surface area contributed by atoms with Gasteiger partial charge >= 0.3 is 11.9 Å². The second-order valence-corrected chi connectivity index (χ2v) is 12.1. The molecule has 10 nitrogen and oxygen atoms in total. The average Bonchev–Trinajstić information content (AvgIpc) is 3.53. The zero-order valence-electron chi connectivity index (χ0n) is 23.1. The molecule has 0 aromatic heterocycles. The Bertz CT molecular complexity index is 1190. The third kappa shape index (κ3) is 4.56. The van der Waals surface area contributed by atoms with Crippen molar-refractivity contribution in [3.8, 4) is 11.5 Å². The zero-order valence-corrected chi connectivity index (χ0v) is 23.1. The molecule has 0 saturated carbocycles. The van der Waals surface area contributed by atoms with Crippen LogP contribution in [0.3, 0.4) is 0 Å². The van der Waals surface area contributed by atoms with Crippen molar-refractivity contribution in [1.29, 1.82) is 0 Å². The summed E-state index contributed by atoms with van der Waals surface area (Å²) in [7, 11) is 1.54. The topological polar surface area (TPSA) is 135 Å². The van der Waals surface area contributed by atoms with Crippen molar-refractivity contribution >= 4 is 11.9 Å². The molecule has 3 heterocycles. The Labute approximate surface area is 228 Å². The molecule has 4 atom stereocenters. The number of carboxylic acids is 1. The fourth-order valence-corrected chi connectivity index (χ4v) is 7.07. The highest BCUT2D eigenvalue weighted by molar-refractivity contribution is 5.84. The van der Waals surface area contributed by atoms with Crippen LogP contribution in [-0.2, 0) is 30.9 Å². The smallest absolute Gasteiger partial charge is 0.336 e. The molecule has 10 heteroatoms. The number of carboxylic acid groups (broad SMARTS) is 1. The van der Waals surface area contributed by atoms with E-state index in [4.69, 9.17) is 18.9 Å². The Hall–Kier alpha value is -2.82. The third-order valence-electron chi connectivity index (χ3n) is 9.12. The number of benzene rings is 1. The van der Waals surface area contributed by atoms with Crippen LogP contribution in [0.2, 0.25) is 0 Å². The number of fused-ring (bicyclic) bond motifs is 3. The molecule has 0 bridgehead atoms. The van der Waals surface area contributed by atoms with Gasteiger partial charge in [-0.25, -0.2) is 4.79 Å². The van der Waals surface area contributed by atoms with E-state index in [1.54, 1.807) is 21.0 Å². The first-order chi connectivity index (χ1) is 18.3. The first kappa shape index (κ1) is 27.7. The number of hydrogen-bond donors (Lipinski definition) is 3. The fraction of sp³-hybridized carbons (Fsp3) is 0.655. The number of carbonyl (C=O) groups is 2. The van der Waals surface area contributed by atoms with Crippen molar-refractivity contribution in [2.24, 2.45) is 0 Å². The van der Waals surface area contributed by atoms with Gasteiger partial charge in [0.2, 0.25) is 6.79 Å². The highest BCUT2D eigenvalue weighted by Crippen LogP contribution is 2.59. The monoisotopic (exact) mass is 545 g/mol. The van der Waals surface area contributed by atoms with E-state index >= 15 is 0 Å². The largest absolute Gasteiger partial charge is 0.497 e. The second-order valence-electron chi connectivity index (χ2n) is 12.1. The van der Waals surface area contributed by atoms with Crippen LogP contribution in [0, 0.1) is 0 Å². The molecule has 1 spiro atoms. The van der Waals surface area contributed by atoms with Crippen LogP contribution in [0.1, 0.15) is 70.4 Å². The number of carbonyl (C=O) groups excluding carboxylic acids is 1. The van der Waals surface area contributed by atoms with Crippen LogP contribution in [0.5, 0.6) is 11.5 Å². The van der Waals surface area contributed by atoms with Crippen molar-refractivity contribution in [3.63, 3.8) is 0 Å². The van der Waals surface area contributed by atoms with E-state index in [2.05, 4.69) is 17.9 Å². The molecule has 1 aromatic carbocycles. The maximum atomic E-state index is 13.4. The first-order valence-electron chi connectivity index (χ1n) is 13.7. The minimum Gasteiger partial charge on any atom is -0.497 e. The van der Waals surface area contributed by atoms with Crippen LogP contribution < -0.4 is 9.47 Å². The standard InChI is InChI=1S/C29H39NO9/c1-26(2,34)8-5-9-28(35,25(32)33)16-23(31)39-24-22(36-4)15-29-10-6-11-30(29)12-7-18-13-20-21(38-17-37-20)14-19(18)27(24,29)3/h13-15,24,34-35H,5-12,16-17H2,1-4H3,(H,32,33)/t24-,27-,28?,29+/m1/s1. The van der Waals surface area contributed by atoms with Crippen molar-refractivity contribution in [2.45, 2.75) is 94.0 Å². The van der Waals surface area contributed by atoms with Gasteiger partial charge in [-0.3, -0.25) is 9.69 Å². The van der Waals surface area contributed by atoms with Crippen LogP contribution in [0.4, 0.5) is 0 Å². The van der Waals surface area contributed by atoms with Crippen LogP contribution in [-0.4, -0.2) is 82.0 Å². The summed E-state index contributed by atoms with van der Waals surface area (Å²) >= 11 is 0. The predicted octanol–water partition coefficient (Wildman–Crippen LogP) is 2.67. The Morgan fingerprint density at radius 3 is 2.54 bits per heavy atom. The number of methoxy groups -OCH3 is 1. The number of nitrogens with zero attached hydrogens (tertiary/aromatic N) is 1. The minimum atomic E-state index is -2.32. The lowest BCUT2D eigenvalue weighted by molar-refractivity contribution is -0.172. The number of esters is 1. The lowest BCUT2D eigenvalue weighted by Crippen LogP contribution is -2.58. The van der Waals surface area contributed by atoms with Crippen LogP contribution >= 0.6 is 0 Å². The van der Waals surface area contributed by atoms with E-state index in [0.29, 0.717) is 17.3 Å². The number of aliphatic hydroxyl groups is 2. The Balaban J connectivity index is 1.48. The maximum Gasteiger partial charge on any atom is 0.336 e. The molecule has 3 aliphatic heterocycles. The Morgan fingerprint density at radius 1 is 1.15 bits per heavy atom. The highest BCUT2D eigenvalue weighted by atomic mass is 16.7. The van der Waals surface area contributed by atoms with Gasteiger partial charge in [-0.05, 0) is 95.2 Å². The molecule has 1 saturated heterocycles. The summed E-state index contributed by atoms with van der Waals surface area (Å²) in [5.74, 6) is -0.493. The molecule has 1 aromatic rings. The summed E-state index contributed by atoms with van der Waals surface area (Å²) in [5, 5.41) is 30.7. The van der Waals surface area contributed by atoms with Gasteiger partial charge in [0.1, 0.15) is 5.76 Å². The number of aliphatic carboxylic acids is 1. The van der Waals surface area contributed by atoms with Gasteiger partial charge in [-0.15, -0.1) is 0 Å². The van der Waals surface area contributed by atoms with Crippen LogP contribution in [0.25, 0.3) is 0 Å². The summed E-state index contributed by atoms with van der Waals surface area (Å²) in [4.78, 5) is 27.9. The van der Waals surface area contributed by atoms with Crippen molar-refractivity contribution in [3.05, 3.63) is 35.1 Å². The summed E-state index contributed by atoms with van der Waals surface area (Å²) in [6.45, 7) is 7.15. The molecular formula is C29H39NO9. The normalized spacial score (nSPS) is 29.0. The number of rotatable bonds is 9. The molecule has 3 N–H and O–H groups in total. The molecule has 5 rings (SSSR count). The summed E-state index contributed by atoms with van der Waals surface area (Å²) < 4.78 is 23.3. The van der Waals surface area contributed by atoms with Gasteiger partial charge in [0, 0.05) is 6.54 Å². The first-order valence-corrected chi connectivity index (χ1v) is 13.7. The SMILES string of the molecule is COC1=C[C@]23CCCN2CCc2cc4c(cc2[C@]3(C)[C@@H]1OC(=O)CC(O)(CCCC(C)(C)O)C(=O)O)OCO4. The molecular weight excluding hydrogens is 506 g/mol. The average molecular weight is 546 g/mol. The molecule has 4 aliphatic rings. The van der Waals surface area contributed by atoms with Crippen LogP contribution in [0.15, 0.2) is 24.0 Å². The van der Waals surface area contributed by atoms with Gasteiger partial charge in [-0.2, -0.15) is 0 Å². The molecule has 0 amide bonds. The van der Waals surface area contributed by atoms with E-state index in [-0.39, 0.29) is 26.1 Å². The number of ether oxygens (including phenoxy) is 4. The Morgan fingerprint density at radius 2 is 1.87 bits per heavy atom. The van der Waals surface area contributed by atoms with Gasteiger partial charge in [-0.1, -0.05) is 0 Å². The minimum absolute atomic E-state index is 0.146. The summed E-state index contributed by atoms with van der Waals surface area (Å²) in [6.07, 6.45) is 3.43. The Kier molecular flexibility index (Phi) is 6.88. The number of hydrogen-bond acceptors (Lipinski definition) is 9. The van der Waals surface area contributed by atoms with E-state index in [9.17, 15) is 24.9 Å². The third-order valence-corrected chi connectivity index (χ3v) is 9.12. The second kappa shape index (κ2) is 9.67. The van der Waals surface area contributed by atoms with E-state index in [1.165, 1.54) is 0 Å². The van der Waals surface area contributed by atoms with E-state index in [1.807, 2.05) is 12.1 Å². The van der Waals surface area contributed by atoms with Gasteiger partial charge in [0.05, 0.1) is 30.1 Å². The summed E-state index contributed by atoms with van der Waals surface area (Å²) in [5.41, 5.74) is -2.51. The van der Waals surface area contributed by atoms with E-state index in [0.717, 1.165) is 43.5 Å². The quantitative estimate of drug-likeness (QED) is 0.398. The molecule has 214 valence electrons. The van der Waals surface area contributed by atoms with E-state index < -0.39 is 46.6 Å². The van der Waals surface area contributed by atoms with Crippen molar-refractivity contribution in [2.75, 3.05) is 27.0 Å². The van der Waals surface area contributed by atoms with Crippen molar-refractivity contribution < 1.29 is 43.9 Å².